The first kappa shape index (κ1) is 13.3. The molecule has 0 fully saturated rings. The van der Waals surface area contributed by atoms with Crippen LogP contribution in [0.1, 0.15) is 18.9 Å². The van der Waals surface area contributed by atoms with Crippen LogP contribution in [0.25, 0.3) is 0 Å². The zero-order chi connectivity index (χ0) is 12.0. The molecular weight excluding hydrogens is 270 g/mol. The molecule has 0 unspecified atom stereocenters. The van der Waals surface area contributed by atoms with Gasteiger partial charge in [-0.1, -0.05) is 22.9 Å². The summed E-state index contributed by atoms with van der Waals surface area (Å²) in [6.45, 7) is 3.94. The van der Waals surface area contributed by atoms with Gasteiger partial charge in [-0.05, 0) is 19.0 Å². The number of hydrogen-bond acceptors (Lipinski definition) is 3. The summed E-state index contributed by atoms with van der Waals surface area (Å²) in [6, 6.07) is 3.85. The highest BCUT2D eigenvalue weighted by molar-refractivity contribution is 9.10. The third-order valence-corrected chi connectivity index (χ3v) is 3.02. The Kier molecular flexibility index (Phi) is 5.63. The maximum absolute atomic E-state index is 5.35. The van der Waals surface area contributed by atoms with E-state index in [9.17, 15) is 0 Å². The van der Waals surface area contributed by atoms with E-state index in [1.165, 1.54) is 0 Å². The van der Waals surface area contributed by atoms with Crippen molar-refractivity contribution in [2.24, 2.45) is 0 Å². The van der Waals surface area contributed by atoms with E-state index in [1.54, 1.807) is 14.2 Å². The summed E-state index contributed by atoms with van der Waals surface area (Å²) < 4.78 is 11.5. The largest absolute Gasteiger partial charge is 0.497 e. The molecule has 0 aliphatic carbocycles. The second-order valence-corrected chi connectivity index (χ2v) is 4.32. The maximum Gasteiger partial charge on any atom is 0.128 e. The Bertz CT molecular complexity index is 342. The van der Waals surface area contributed by atoms with Gasteiger partial charge in [0.15, 0.2) is 0 Å². The molecule has 0 atom stereocenters. The van der Waals surface area contributed by atoms with Crippen molar-refractivity contribution in [1.29, 1.82) is 0 Å². The van der Waals surface area contributed by atoms with Crippen molar-refractivity contribution >= 4 is 15.9 Å². The van der Waals surface area contributed by atoms with E-state index in [-0.39, 0.29) is 0 Å². The first-order valence-electron chi connectivity index (χ1n) is 5.34. The zero-order valence-corrected chi connectivity index (χ0v) is 11.6. The number of rotatable bonds is 6. The molecule has 0 saturated heterocycles. The number of halogens is 1. The molecule has 1 aromatic carbocycles. The van der Waals surface area contributed by atoms with Gasteiger partial charge in [-0.3, -0.25) is 0 Å². The first-order chi connectivity index (χ1) is 7.72. The Morgan fingerprint density at radius 3 is 2.56 bits per heavy atom. The summed E-state index contributed by atoms with van der Waals surface area (Å²) in [6.07, 6.45) is 1.12. The van der Waals surface area contributed by atoms with Crippen LogP contribution in [0.3, 0.4) is 0 Å². The van der Waals surface area contributed by atoms with E-state index in [2.05, 4.69) is 28.2 Å². The normalized spacial score (nSPS) is 10.2. The SMILES string of the molecule is CCCNCc1c(Br)cc(OC)cc1OC. The van der Waals surface area contributed by atoms with E-state index in [0.717, 1.165) is 41.0 Å². The summed E-state index contributed by atoms with van der Waals surface area (Å²) in [4.78, 5) is 0. The molecule has 0 spiro atoms. The fourth-order valence-electron chi connectivity index (χ4n) is 1.45. The molecule has 0 aliphatic rings. The highest BCUT2D eigenvalue weighted by atomic mass is 79.9. The summed E-state index contributed by atoms with van der Waals surface area (Å²) >= 11 is 3.53. The summed E-state index contributed by atoms with van der Waals surface area (Å²) in [7, 11) is 3.32. The Hall–Kier alpha value is -0.740. The molecule has 1 N–H and O–H groups in total. The van der Waals surface area contributed by atoms with Gasteiger partial charge in [0.05, 0.1) is 14.2 Å². The van der Waals surface area contributed by atoms with Gasteiger partial charge in [0.1, 0.15) is 11.5 Å². The van der Waals surface area contributed by atoms with Crippen LogP contribution in [0.4, 0.5) is 0 Å². The number of methoxy groups -OCH3 is 2. The van der Waals surface area contributed by atoms with Crippen molar-refractivity contribution in [2.45, 2.75) is 19.9 Å². The molecule has 0 radical (unpaired) electrons. The molecule has 16 heavy (non-hydrogen) atoms. The van der Waals surface area contributed by atoms with Gasteiger partial charge in [-0.2, -0.15) is 0 Å². The van der Waals surface area contributed by atoms with Crippen LogP contribution in [0.5, 0.6) is 11.5 Å². The minimum Gasteiger partial charge on any atom is -0.497 e. The number of benzene rings is 1. The highest BCUT2D eigenvalue weighted by Gasteiger charge is 2.09. The summed E-state index contributed by atoms with van der Waals surface area (Å²) in [5.74, 6) is 1.64. The van der Waals surface area contributed by atoms with Crippen LogP contribution in [0, 0.1) is 0 Å². The predicted octanol–water partition coefficient (Wildman–Crippen LogP) is 2.97. The van der Waals surface area contributed by atoms with Crippen LogP contribution in [0.2, 0.25) is 0 Å². The third kappa shape index (κ3) is 3.39. The molecule has 1 rings (SSSR count). The molecular formula is C12H18BrNO2. The van der Waals surface area contributed by atoms with Crippen LogP contribution in [-0.2, 0) is 6.54 Å². The minimum atomic E-state index is 0.793. The number of nitrogens with one attached hydrogen (secondary N) is 1. The average Bonchev–Trinajstić information content (AvgIpc) is 2.30. The van der Waals surface area contributed by atoms with Crippen LogP contribution >= 0.6 is 15.9 Å². The zero-order valence-electron chi connectivity index (χ0n) is 9.97. The van der Waals surface area contributed by atoms with Crippen molar-refractivity contribution in [3.63, 3.8) is 0 Å². The molecule has 0 saturated carbocycles. The Morgan fingerprint density at radius 1 is 1.25 bits per heavy atom. The fourth-order valence-corrected chi connectivity index (χ4v) is 2.01. The van der Waals surface area contributed by atoms with Gasteiger partial charge in [-0.15, -0.1) is 0 Å². The lowest BCUT2D eigenvalue weighted by Crippen LogP contribution is -2.15. The van der Waals surface area contributed by atoms with E-state index >= 15 is 0 Å². The van der Waals surface area contributed by atoms with E-state index in [1.807, 2.05) is 12.1 Å². The molecule has 1 aromatic rings. The molecule has 0 aliphatic heterocycles. The predicted molar refractivity (Wildman–Crippen MR) is 69.2 cm³/mol. The molecule has 4 heteroatoms. The lowest BCUT2D eigenvalue weighted by molar-refractivity contribution is 0.389. The highest BCUT2D eigenvalue weighted by Crippen LogP contribution is 2.32. The van der Waals surface area contributed by atoms with E-state index in [0.29, 0.717) is 0 Å². The lowest BCUT2D eigenvalue weighted by Gasteiger charge is -2.13. The smallest absolute Gasteiger partial charge is 0.128 e. The van der Waals surface area contributed by atoms with Crippen molar-refractivity contribution in [2.75, 3.05) is 20.8 Å². The minimum absolute atomic E-state index is 0.793. The monoisotopic (exact) mass is 287 g/mol. The van der Waals surface area contributed by atoms with Gasteiger partial charge >= 0.3 is 0 Å². The topological polar surface area (TPSA) is 30.5 Å². The lowest BCUT2D eigenvalue weighted by atomic mass is 10.2. The van der Waals surface area contributed by atoms with Gasteiger partial charge in [0.25, 0.3) is 0 Å². The van der Waals surface area contributed by atoms with Crippen molar-refractivity contribution in [1.82, 2.24) is 5.32 Å². The first-order valence-corrected chi connectivity index (χ1v) is 6.13. The molecule has 0 bridgehead atoms. The quantitative estimate of drug-likeness (QED) is 0.816. The summed E-state index contributed by atoms with van der Waals surface area (Å²) in [5, 5.41) is 3.35. The fraction of sp³-hybridized carbons (Fsp3) is 0.500. The van der Waals surface area contributed by atoms with Crippen LogP contribution < -0.4 is 14.8 Å². The second-order valence-electron chi connectivity index (χ2n) is 3.47. The Morgan fingerprint density at radius 2 is 2.00 bits per heavy atom. The van der Waals surface area contributed by atoms with Crippen molar-refractivity contribution < 1.29 is 9.47 Å². The Labute approximate surface area is 105 Å². The summed E-state index contributed by atoms with van der Waals surface area (Å²) in [5.41, 5.74) is 1.12. The maximum atomic E-state index is 5.35. The van der Waals surface area contributed by atoms with Gasteiger partial charge in [0.2, 0.25) is 0 Å². The van der Waals surface area contributed by atoms with E-state index < -0.39 is 0 Å². The van der Waals surface area contributed by atoms with Gasteiger partial charge in [0, 0.05) is 22.6 Å². The standard InChI is InChI=1S/C12H18BrNO2/c1-4-5-14-8-10-11(13)6-9(15-2)7-12(10)16-3/h6-7,14H,4-5,8H2,1-3H3. The molecule has 90 valence electrons. The number of ether oxygens (including phenoxy) is 2. The van der Waals surface area contributed by atoms with Crippen molar-refractivity contribution in [3.05, 3.63) is 22.2 Å². The average molecular weight is 288 g/mol. The number of hydrogen-bond donors (Lipinski definition) is 1. The van der Waals surface area contributed by atoms with Gasteiger partial charge < -0.3 is 14.8 Å². The molecule has 0 heterocycles. The molecule has 0 aromatic heterocycles. The molecule has 3 nitrogen and oxygen atoms in total. The van der Waals surface area contributed by atoms with Crippen LogP contribution in [0.15, 0.2) is 16.6 Å². The van der Waals surface area contributed by atoms with Gasteiger partial charge in [-0.25, -0.2) is 0 Å². The Balaban J connectivity index is 2.88. The van der Waals surface area contributed by atoms with Crippen molar-refractivity contribution in [3.8, 4) is 11.5 Å². The van der Waals surface area contributed by atoms with Crippen LogP contribution in [-0.4, -0.2) is 20.8 Å². The molecule has 0 amide bonds. The second kappa shape index (κ2) is 6.76. The van der Waals surface area contributed by atoms with E-state index in [4.69, 9.17) is 9.47 Å². The third-order valence-electron chi connectivity index (χ3n) is 2.31.